The van der Waals surface area contributed by atoms with Crippen molar-refractivity contribution in [1.82, 2.24) is 4.57 Å². The first-order chi connectivity index (χ1) is 19.3. The molecule has 1 aliphatic heterocycles. The molecular weight excluding hydrogens is 490 g/mol. The van der Waals surface area contributed by atoms with Gasteiger partial charge in [0.15, 0.2) is 0 Å². The van der Waals surface area contributed by atoms with Gasteiger partial charge >= 0.3 is 0 Å². The van der Waals surface area contributed by atoms with E-state index in [-0.39, 0.29) is 0 Å². The summed E-state index contributed by atoms with van der Waals surface area (Å²) < 4.78 is 2.36. The van der Waals surface area contributed by atoms with E-state index in [0.29, 0.717) is 0 Å². The van der Waals surface area contributed by atoms with Crippen molar-refractivity contribution >= 4 is 31.8 Å². The first-order valence-electron chi connectivity index (χ1n) is 13.4. The summed E-state index contributed by atoms with van der Waals surface area (Å²) in [7, 11) is 0.533. The highest BCUT2D eigenvalue weighted by Crippen LogP contribution is 2.80. The molecule has 0 amide bonds. The molecule has 0 radical (unpaired) electrons. The zero-order chi connectivity index (χ0) is 26.0. The van der Waals surface area contributed by atoms with Crippen LogP contribution in [0.2, 0.25) is 0 Å². The minimum atomic E-state index is -1.66. The van der Waals surface area contributed by atoms with Gasteiger partial charge in [-0.25, -0.2) is 0 Å². The molecule has 2 heteroatoms. The minimum Gasteiger partial charge on any atom is -0.343 e. The van der Waals surface area contributed by atoms with Crippen LogP contribution in [0, 0.1) is 0 Å². The Hall–Kier alpha value is -4.53. The lowest BCUT2D eigenvalue weighted by molar-refractivity contribution is 1.01. The average molecular weight is 518 g/mol. The molecule has 1 aliphatic rings. The summed E-state index contributed by atoms with van der Waals surface area (Å²) in [5.41, 5.74) is 7.79. The fourth-order valence-electron chi connectivity index (χ4n) is 6.60. The Morgan fingerprint density at radius 2 is 1.05 bits per heavy atom. The largest absolute Gasteiger partial charge is 0.343 e. The zero-order valence-electron chi connectivity index (χ0n) is 21.7. The number of aromatic nitrogens is 1. The monoisotopic (exact) mass is 517 g/mol. The lowest BCUT2D eigenvalue weighted by Gasteiger charge is -2.39. The molecule has 6 aromatic carbocycles. The Morgan fingerprint density at radius 1 is 0.462 bits per heavy atom. The maximum atomic E-state index is 2.50. The third kappa shape index (κ3) is 3.04. The molecule has 0 fully saturated rings. The van der Waals surface area contributed by atoms with Crippen LogP contribution in [0.25, 0.3) is 44.1 Å². The molecule has 0 atom stereocenters. The van der Waals surface area contributed by atoms with E-state index in [1.807, 2.05) is 0 Å². The first kappa shape index (κ1) is 22.5. The Morgan fingerprint density at radius 3 is 1.82 bits per heavy atom. The van der Waals surface area contributed by atoms with E-state index >= 15 is 0 Å². The van der Waals surface area contributed by atoms with Crippen LogP contribution >= 0.6 is 10.0 Å². The number of fused-ring (bicyclic) bond motifs is 6. The maximum absolute atomic E-state index is 2.50. The van der Waals surface area contributed by atoms with E-state index < -0.39 is 10.0 Å². The molecule has 8 rings (SSSR count). The van der Waals surface area contributed by atoms with Gasteiger partial charge in [-0.1, -0.05) is 103 Å². The molecule has 0 saturated heterocycles. The Kier molecular flexibility index (Phi) is 4.89. The number of aryl methyl sites for hydroxylation is 1. The van der Waals surface area contributed by atoms with E-state index in [2.05, 4.69) is 157 Å². The number of rotatable bonds is 3. The first-order valence-corrected chi connectivity index (χ1v) is 15.1. The molecule has 0 saturated carbocycles. The highest BCUT2D eigenvalue weighted by atomic mass is 32.3. The second kappa shape index (κ2) is 8.49. The van der Waals surface area contributed by atoms with Gasteiger partial charge in [0.05, 0.1) is 5.52 Å². The van der Waals surface area contributed by atoms with Crippen molar-refractivity contribution < 1.29 is 0 Å². The summed E-state index contributed by atoms with van der Waals surface area (Å²) >= 11 is 0. The zero-order valence-corrected chi connectivity index (χ0v) is 22.5. The van der Waals surface area contributed by atoms with Crippen LogP contribution < -0.4 is 0 Å². The van der Waals surface area contributed by atoms with Crippen molar-refractivity contribution in [1.29, 1.82) is 0 Å². The second-order valence-electron chi connectivity index (χ2n) is 10.2. The fourth-order valence-corrected chi connectivity index (χ4v) is 10.9. The summed E-state index contributed by atoms with van der Waals surface area (Å²) in [6, 6.07) is 54.0. The van der Waals surface area contributed by atoms with E-state index in [4.69, 9.17) is 0 Å². The average Bonchev–Trinajstić information content (AvgIpc) is 3.48. The molecule has 186 valence electrons. The summed E-state index contributed by atoms with van der Waals surface area (Å²) in [6.07, 6.45) is 0. The van der Waals surface area contributed by atoms with E-state index in [0.717, 1.165) is 0 Å². The van der Waals surface area contributed by atoms with Gasteiger partial charge in [0.25, 0.3) is 0 Å². The van der Waals surface area contributed by atoms with Gasteiger partial charge in [-0.05, 0) is 59.2 Å². The lowest BCUT2D eigenvalue weighted by atomic mass is 9.98. The highest BCUT2D eigenvalue weighted by Gasteiger charge is 2.41. The normalized spacial score (nSPS) is 14.3. The lowest BCUT2D eigenvalue weighted by Crippen LogP contribution is -2.02. The summed E-state index contributed by atoms with van der Waals surface area (Å²) in [6.45, 7) is 0. The van der Waals surface area contributed by atoms with Gasteiger partial charge in [0.2, 0.25) is 0 Å². The number of hydrogen-bond acceptors (Lipinski definition) is 0. The topological polar surface area (TPSA) is 4.93 Å². The SMILES string of the molecule is Cn1c2ccccc2c2cccc(-c3ccc4c(c3)S(c3ccccc3)(c3ccccc3)c3ccccc3-4)c21. The molecule has 0 bridgehead atoms. The number of para-hydroxylation sites is 2. The van der Waals surface area contributed by atoms with Gasteiger partial charge in [0, 0.05) is 48.5 Å². The van der Waals surface area contributed by atoms with Crippen LogP contribution in [0.4, 0.5) is 0 Å². The van der Waals surface area contributed by atoms with Crippen molar-refractivity contribution in [2.24, 2.45) is 7.05 Å². The summed E-state index contributed by atoms with van der Waals surface area (Å²) in [5.74, 6) is 0. The maximum Gasteiger partial charge on any atom is 0.0568 e. The number of benzene rings is 6. The van der Waals surface area contributed by atoms with Gasteiger partial charge in [0.1, 0.15) is 0 Å². The minimum absolute atomic E-state index is 1.27. The smallest absolute Gasteiger partial charge is 0.0568 e. The quantitative estimate of drug-likeness (QED) is 0.220. The number of nitrogens with zero attached hydrogens (tertiary/aromatic N) is 1. The van der Waals surface area contributed by atoms with Gasteiger partial charge in [-0.2, -0.15) is 0 Å². The van der Waals surface area contributed by atoms with Crippen LogP contribution in [0.5, 0.6) is 0 Å². The molecule has 1 aromatic heterocycles. The van der Waals surface area contributed by atoms with Gasteiger partial charge < -0.3 is 4.57 Å². The Labute approximate surface area is 230 Å². The fraction of sp³-hybridized carbons (Fsp3) is 0.0270. The van der Waals surface area contributed by atoms with Crippen molar-refractivity contribution in [2.45, 2.75) is 19.6 Å². The summed E-state index contributed by atoms with van der Waals surface area (Å²) in [4.78, 5) is 5.61. The molecule has 1 nitrogen and oxygen atoms in total. The highest BCUT2D eigenvalue weighted by molar-refractivity contribution is 8.34. The Bertz CT molecular complexity index is 1980. The Balaban J connectivity index is 1.48. The van der Waals surface area contributed by atoms with Crippen LogP contribution in [-0.2, 0) is 7.05 Å². The third-order valence-electron chi connectivity index (χ3n) is 8.25. The molecule has 39 heavy (non-hydrogen) atoms. The van der Waals surface area contributed by atoms with Crippen LogP contribution in [-0.4, -0.2) is 4.57 Å². The molecule has 0 aliphatic carbocycles. The molecule has 2 heterocycles. The molecular formula is C37H27NS. The second-order valence-corrected chi connectivity index (χ2v) is 13.3. The summed E-state index contributed by atoms with van der Waals surface area (Å²) in [5, 5.41) is 2.61. The van der Waals surface area contributed by atoms with E-state index in [1.165, 1.54) is 63.6 Å². The van der Waals surface area contributed by atoms with Crippen molar-refractivity contribution in [3.63, 3.8) is 0 Å². The molecule has 0 spiro atoms. The van der Waals surface area contributed by atoms with Gasteiger partial charge in [-0.15, -0.1) is 10.0 Å². The third-order valence-corrected chi connectivity index (χ3v) is 12.2. The van der Waals surface area contributed by atoms with Crippen molar-refractivity contribution in [3.8, 4) is 22.3 Å². The van der Waals surface area contributed by atoms with Crippen LogP contribution in [0.1, 0.15) is 0 Å². The predicted octanol–water partition coefficient (Wildman–Crippen LogP) is 10.3. The standard InChI is InChI=1S/C37H27NS/c1-38-34-21-10-8-17-30(34)33-20-12-19-29(37(33)38)26-23-24-32-31-18-9-11-22-35(31)39(36(32)25-26,27-13-4-2-5-14-27)28-15-6-3-7-16-28/h2-25H,1H3. The molecule has 0 N–H and O–H groups in total. The van der Waals surface area contributed by atoms with E-state index in [9.17, 15) is 0 Å². The van der Waals surface area contributed by atoms with Gasteiger partial charge in [-0.3, -0.25) is 0 Å². The number of hydrogen-bond donors (Lipinski definition) is 0. The van der Waals surface area contributed by atoms with Crippen molar-refractivity contribution in [3.05, 3.63) is 146 Å². The predicted molar refractivity (Wildman–Crippen MR) is 165 cm³/mol. The molecule has 7 aromatic rings. The molecule has 0 unspecified atom stereocenters. The van der Waals surface area contributed by atoms with Crippen LogP contribution in [0.3, 0.4) is 0 Å². The van der Waals surface area contributed by atoms with Crippen molar-refractivity contribution in [2.75, 3.05) is 0 Å². The van der Waals surface area contributed by atoms with E-state index in [1.54, 1.807) is 0 Å². The van der Waals surface area contributed by atoms with Crippen LogP contribution in [0.15, 0.2) is 165 Å².